The Balaban J connectivity index is 2.05. The molecule has 0 bridgehead atoms. The van der Waals surface area contributed by atoms with Crippen LogP contribution >= 0.6 is 0 Å². The third-order valence-electron chi connectivity index (χ3n) is 8.67. The number of imidazole rings is 1. The molecule has 3 rings (SSSR count). The number of fused-ring (bicyclic) bond motifs is 1. The summed E-state index contributed by atoms with van der Waals surface area (Å²) in [6, 6.07) is 2.44. The second-order valence-corrected chi connectivity index (χ2v) is 24.6. The molecule has 40 heavy (non-hydrogen) atoms. The van der Waals surface area contributed by atoms with Crippen molar-refractivity contribution < 1.29 is 18.4 Å². The van der Waals surface area contributed by atoms with Crippen LogP contribution in [0.3, 0.4) is 0 Å². The first-order valence-electron chi connectivity index (χ1n) is 13.9. The molecule has 0 radical (unpaired) electrons. The van der Waals surface area contributed by atoms with E-state index in [0.29, 0.717) is 23.4 Å². The highest BCUT2D eigenvalue weighted by Gasteiger charge is 2.53. The molecule has 2 aromatic rings. The highest BCUT2D eigenvalue weighted by atomic mass is 28.4. The van der Waals surface area contributed by atoms with E-state index in [2.05, 4.69) is 94.1 Å². The molecule has 1 fully saturated rings. The fraction of sp³-hybridized carbons (Fsp3) is 0.750. The second kappa shape index (κ2) is 10.6. The van der Waals surface area contributed by atoms with Gasteiger partial charge >= 0.3 is 0 Å². The van der Waals surface area contributed by atoms with Gasteiger partial charge in [0.25, 0.3) is 0 Å². The zero-order chi connectivity index (χ0) is 30.5. The molecule has 10 nitrogen and oxygen atoms in total. The highest BCUT2D eigenvalue weighted by Crippen LogP contribution is 2.46. The van der Waals surface area contributed by atoms with Gasteiger partial charge in [-0.25, -0.2) is 15.0 Å². The quantitative estimate of drug-likeness (QED) is 0.368. The Bertz CT molecular complexity index is 1280. The van der Waals surface area contributed by atoms with E-state index in [0.717, 1.165) is 0 Å². The molecule has 2 aromatic heterocycles. The van der Waals surface area contributed by atoms with Crippen LogP contribution in [0.2, 0.25) is 36.3 Å². The third-order valence-corrected chi connectivity index (χ3v) is 17.7. The molecule has 0 aromatic carbocycles. The van der Waals surface area contributed by atoms with E-state index in [1.54, 1.807) is 10.9 Å². The molecule has 1 amide bonds. The van der Waals surface area contributed by atoms with Crippen LogP contribution in [-0.2, 0) is 18.4 Å². The van der Waals surface area contributed by atoms with Gasteiger partial charge in [0.05, 0.1) is 19.0 Å². The van der Waals surface area contributed by atoms with Crippen molar-refractivity contribution >= 4 is 39.5 Å². The van der Waals surface area contributed by atoms with Gasteiger partial charge < -0.3 is 18.9 Å². The van der Waals surface area contributed by atoms with Crippen molar-refractivity contribution in [2.45, 2.75) is 123 Å². The van der Waals surface area contributed by atoms with Gasteiger partial charge in [-0.3, -0.25) is 9.36 Å². The zero-order valence-corrected chi connectivity index (χ0v) is 28.6. The van der Waals surface area contributed by atoms with Gasteiger partial charge in [0.2, 0.25) is 5.91 Å². The number of amides is 1. The van der Waals surface area contributed by atoms with Crippen molar-refractivity contribution in [1.82, 2.24) is 19.5 Å². The molecule has 1 aliphatic rings. The zero-order valence-electron chi connectivity index (χ0n) is 26.6. The highest BCUT2D eigenvalue weighted by molar-refractivity contribution is 6.74. The molecule has 3 atom stereocenters. The van der Waals surface area contributed by atoms with Crippen LogP contribution in [-0.4, -0.2) is 60.4 Å². The first-order valence-corrected chi connectivity index (χ1v) is 19.8. The Morgan fingerprint density at radius 3 is 2.20 bits per heavy atom. The van der Waals surface area contributed by atoms with E-state index in [-0.39, 0.29) is 22.6 Å². The molecule has 0 unspecified atom stereocenters. The maximum absolute atomic E-state index is 12.7. The minimum Gasteiger partial charge on any atom is -0.413 e. The number of nitrogens with one attached hydrogen (secondary N) is 1. The number of aromatic nitrogens is 4. The summed E-state index contributed by atoms with van der Waals surface area (Å²) in [5.41, 5.74) is -0.860. The van der Waals surface area contributed by atoms with Crippen LogP contribution in [0.25, 0.3) is 11.2 Å². The van der Waals surface area contributed by atoms with E-state index in [1.807, 2.05) is 20.8 Å². The van der Waals surface area contributed by atoms with Crippen LogP contribution in [0.1, 0.15) is 75.0 Å². The van der Waals surface area contributed by atoms with Crippen molar-refractivity contribution in [3.63, 3.8) is 0 Å². The van der Waals surface area contributed by atoms with Crippen LogP contribution in [0.4, 0.5) is 5.82 Å². The summed E-state index contributed by atoms with van der Waals surface area (Å²) in [5, 5.41) is 13.3. The van der Waals surface area contributed by atoms with Gasteiger partial charge in [0.15, 0.2) is 45.4 Å². The van der Waals surface area contributed by atoms with Gasteiger partial charge in [-0.2, -0.15) is 5.26 Å². The first-order chi connectivity index (χ1) is 18.0. The smallest absolute Gasteiger partial charge is 0.230 e. The van der Waals surface area contributed by atoms with Crippen molar-refractivity contribution in [3.05, 3.63) is 12.7 Å². The molecule has 0 spiro atoms. The number of anilines is 1. The number of ether oxygens (including phenoxy) is 1. The molecule has 1 aliphatic heterocycles. The SMILES string of the molecule is CC(C)(C)C(=O)Nc1ncnc2c1ncn2[C@@H]1O[C@](C#N)(CO[Si](C)(C)C(C)(C)C)C[C@H]1O[Si](C)(C)C(C)(C)C. The van der Waals surface area contributed by atoms with Crippen molar-refractivity contribution in [2.75, 3.05) is 11.9 Å². The predicted molar refractivity (Wildman–Crippen MR) is 162 cm³/mol. The Hall–Kier alpha value is -2.18. The number of rotatable bonds is 7. The summed E-state index contributed by atoms with van der Waals surface area (Å²) in [6.45, 7) is 27.5. The summed E-state index contributed by atoms with van der Waals surface area (Å²) < 4.78 is 21.8. The Kier molecular flexibility index (Phi) is 8.56. The minimum absolute atomic E-state index is 0.00987. The van der Waals surface area contributed by atoms with Gasteiger partial charge in [0.1, 0.15) is 12.4 Å². The number of carbonyl (C=O) groups is 1. The molecular weight excluding hydrogens is 541 g/mol. The lowest BCUT2D eigenvalue weighted by molar-refractivity contribution is -0.123. The summed E-state index contributed by atoms with van der Waals surface area (Å²) in [6.07, 6.45) is 2.29. The number of hydrogen-bond acceptors (Lipinski definition) is 8. The van der Waals surface area contributed by atoms with Gasteiger partial charge in [-0.1, -0.05) is 62.3 Å². The van der Waals surface area contributed by atoms with Gasteiger partial charge in [-0.05, 0) is 36.3 Å². The molecule has 3 heterocycles. The average molecular weight is 589 g/mol. The predicted octanol–water partition coefficient (Wildman–Crippen LogP) is 6.40. The maximum Gasteiger partial charge on any atom is 0.230 e. The van der Waals surface area contributed by atoms with Crippen LogP contribution in [0.5, 0.6) is 0 Å². The molecule has 0 saturated carbocycles. The second-order valence-electron chi connectivity index (χ2n) is 15.0. The number of nitrogens with zero attached hydrogens (tertiary/aromatic N) is 5. The van der Waals surface area contributed by atoms with Crippen LogP contribution < -0.4 is 5.32 Å². The number of hydrogen-bond donors (Lipinski definition) is 1. The lowest BCUT2D eigenvalue weighted by Crippen LogP contribution is -2.46. The molecule has 0 aliphatic carbocycles. The first kappa shape index (κ1) is 32.3. The average Bonchev–Trinajstić information content (AvgIpc) is 3.38. The van der Waals surface area contributed by atoms with Crippen LogP contribution in [0.15, 0.2) is 12.7 Å². The number of nitriles is 1. The standard InChI is InChI=1S/C28H48N6O4Si2/c1-25(2,3)24(35)33-21-20-22(31-17-30-21)34(18-32-20)23-19(38-40(12,13)27(7,8)9)14-28(15-29,37-23)16-36-39(10,11)26(4,5)6/h17-19,23H,14,16H2,1-13H3,(H,30,31,33,35)/t19-,23-,28-/m1/s1. The van der Waals surface area contributed by atoms with E-state index in [4.69, 9.17) is 13.6 Å². The van der Waals surface area contributed by atoms with Crippen molar-refractivity contribution in [1.29, 1.82) is 5.26 Å². The topological polar surface area (TPSA) is 124 Å². The largest absolute Gasteiger partial charge is 0.413 e. The third kappa shape index (κ3) is 6.49. The van der Waals surface area contributed by atoms with Crippen molar-refractivity contribution in [2.24, 2.45) is 5.41 Å². The number of carbonyl (C=O) groups excluding carboxylic acids is 1. The van der Waals surface area contributed by atoms with E-state index in [1.165, 1.54) is 6.33 Å². The van der Waals surface area contributed by atoms with Gasteiger partial charge in [0, 0.05) is 11.8 Å². The fourth-order valence-corrected chi connectivity index (χ4v) is 6.14. The van der Waals surface area contributed by atoms with Crippen molar-refractivity contribution in [3.8, 4) is 6.07 Å². The van der Waals surface area contributed by atoms with E-state index >= 15 is 0 Å². The molecule has 222 valence electrons. The minimum atomic E-state index is -2.26. The summed E-state index contributed by atoms with van der Waals surface area (Å²) in [4.78, 5) is 26.0. The summed E-state index contributed by atoms with van der Waals surface area (Å²) in [5.74, 6) is 0.154. The normalized spacial score (nSPS) is 22.9. The Morgan fingerprint density at radius 1 is 1.07 bits per heavy atom. The monoisotopic (exact) mass is 588 g/mol. The Morgan fingerprint density at radius 2 is 1.68 bits per heavy atom. The summed E-state index contributed by atoms with van der Waals surface area (Å²) >= 11 is 0. The summed E-state index contributed by atoms with van der Waals surface area (Å²) in [7, 11) is -4.40. The lowest BCUT2D eigenvalue weighted by Gasteiger charge is -2.39. The molecule has 12 heteroatoms. The fourth-order valence-electron chi connectivity index (χ4n) is 3.81. The Labute approximate surface area is 241 Å². The maximum atomic E-state index is 12.7. The molecule has 1 N–H and O–H groups in total. The molecular formula is C28H48N6O4Si2. The van der Waals surface area contributed by atoms with E-state index < -0.39 is 40.0 Å². The van der Waals surface area contributed by atoms with Gasteiger partial charge in [-0.15, -0.1) is 0 Å². The van der Waals surface area contributed by atoms with E-state index in [9.17, 15) is 10.1 Å². The van der Waals surface area contributed by atoms with Crippen LogP contribution in [0, 0.1) is 16.7 Å². The molecule has 1 saturated heterocycles. The lowest BCUT2D eigenvalue weighted by atomic mass is 9.96.